The zero-order chi connectivity index (χ0) is 23.8. The third-order valence-electron chi connectivity index (χ3n) is 5.70. The number of hydrogen-bond donors (Lipinski definition) is 3. The Morgan fingerprint density at radius 2 is 2.12 bits per heavy atom. The number of aliphatic imine (C=N–C) groups is 1. The van der Waals surface area contributed by atoms with Gasteiger partial charge in [-0.3, -0.25) is 4.99 Å². The summed E-state index contributed by atoms with van der Waals surface area (Å²) in [7, 11) is 3.33. The van der Waals surface area contributed by atoms with E-state index in [4.69, 9.17) is 15.2 Å². The Morgan fingerprint density at radius 1 is 1.26 bits per heavy atom. The molecule has 0 aliphatic carbocycles. The van der Waals surface area contributed by atoms with Gasteiger partial charge in [0.2, 0.25) is 11.8 Å². The number of pyridine rings is 2. The second-order valence-corrected chi connectivity index (χ2v) is 7.92. The maximum Gasteiger partial charge on any atom is 0.237 e. The lowest BCUT2D eigenvalue weighted by molar-refractivity contribution is 0.150. The molecule has 176 valence electrons. The highest BCUT2D eigenvalue weighted by Crippen LogP contribution is 2.32. The topological polar surface area (TPSA) is 107 Å². The van der Waals surface area contributed by atoms with Gasteiger partial charge in [-0.15, -0.1) is 0 Å². The van der Waals surface area contributed by atoms with Crippen molar-refractivity contribution < 1.29 is 9.47 Å². The van der Waals surface area contributed by atoms with Crippen molar-refractivity contribution in [1.29, 1.82) is 0 Å². The molecule has 0 saturated heterocycles. The van der Waals surface area contributed by atoms with Crippen molar-refractivity contribution in [3.63, 3.8) is 0 Å². The smallest absolute Gasteiger partial charge is 0.237 e. The number of rotatable bonds is 9. The Bertz CT molecular complexity index is 1130. The summed E-state index contributed by atoms with van der Waals surface area (Å²) in [6, 6.07) is 16.2. The van der Waals surface area contributed by atoms with Gasteiger partial charge in [0.1, 0.15) is 6.10 Å². The molecule has 2 aromatic heterocycles. The molecule has 8 heteroatoms. The van der Waals surface area contributed by atoms with Crippen LogP contribution in [0.25, 0.3) is 5.57 Å². The van der Waals surface area contributed by atoms with E-state index in [1.165, 1.54) is 6.20 Å². The van der Waals surface area contributed by atoms with Crippen LogP contribution < -0.4 is 25.8 Å². The van der Waals surface area contributed by atoms with Gasteiger partial charge < -0.3 is 25.8 Å². The normalized spacial score (nSPS) is 16.4. The molecule has 0 amide bonds. The second kappa shape index (κ2) is 11.3. The number of fused-ring (bicyclic) bond motifs is 1. The van der Waals surface area contributed by atoms with Crippen molar-refractivity contribution >= 4 is 17.5 Å². The minimum Gasteiger partial charge on any atom is -0.481 e. The van der Waals surface area contributed by atoms with Gasteiger partial charge in [0.05, 0.1) is 25.4 Å². The highest BCUT2D eigenvalue weighted by Gasteiger charge is 2.29. The fraction of sp³-hybridized carbons (Fsp3) is 0.269. The van der Waals surface area contributed by atoms with Gasteiger partial charge in [0, 0.05) is 49.1 Å². The quantitative estimate of drug-likeness (QED) is 0.423. The first kappa shape index (κ1) is 23.3. The van der Waals surface area contributed by atoms with Gasteiger partial charge in [-0.2, -0.15) is 0 Å². The maximum absolute atomic E-state index is 6.36. The van der Waals surface area contributed by atoms with Crippen LogP contribution in [0.5, 0.6) is 11.8 Å². The molecule has 1 aromatic carbocycles. The number of aromatic nitrogens is 2. The highest BCUT2D eigenvalue weighted by molar-refractivity contribution is 6.09. The summed E-state index contributed by atoms with van der Waals surface area (Å²) < 4.78 is 11.5. The monoisotopic (exact) mass is 458 g/mol. The predicted octanol–water partition coefficient (Wildman–Crippen LogP) is 3.23. The molecule has 0 spiro atoms. The molecule has 2 atom stereocenters. The van der Waals surface area contributed by atoms with Crippen LogP contribution in [0.15, 0.2) is 72.1 Å². The number of ether oxygens (including phenoxy) is 2. The van der Waals surface area contributed by atoms with Gasteiger partial charge in [-0.1, -0.05) is 36.4 Å². The van der Waals surface area contributed by atoms with E-state index in [2.05, 4.69) is 37.7 Å². The van der Waals surface area contributed by atoms with Gasteiger partial charge >= 0.3 is 0 Å². The van der Waals surface area contributed by atoms with Gasteiger partial charge in [0.25, 0.3) is 0 Å². The van der Waals surface area contributed by atoms with E-state index in [1.807, 2.05) is 42.6 Å². The Kier molecular flexibility index (Phi) is 7.72. The first-order valence-electron chi connectivity index (χ1n) is 11.2. The number of methoxy groups -OCH3 is 1. The highest BCUT2D eigenvalue weighted by atomic mass is 16.5. The van der Waals surface area contributed by atoms with E-state index in [-0.39, 0.29) is 12.1 Å². The summed E-state index contributed by atoms with van der Waals surface area (Å²) in [4.78, 5) is 12.9. The van der Waals surface area contributed by atoms with Crippen molar-refractivity contribution in [3.05, 3.63) is 83.8 Å². The number of allylic oxidation sites excluding steroid dienone is 1. The maximum atomic E-state index is 6.36. The van der Waals surface area contributed by atoms with Crippen LogP contribution in [0.4, 0.5) is 5.69 Å². The Hall–Kier alpha value is -3.91. The van der Waals surface area contributed by atoms with Crippen molar-refractivity contribution in [2.45, 2.75) is 18.6 Å². The number of benzene rings is 1. The average Bonchev–Trinajstić information content (AvgIpc) is 2.90. The number of anilines is 1. The molecular weight excluding hydrogens is 428 g/mol. The summed E-state index contributed by atoms with van der Waals surface area (Å²) in [5.41, 5.74) is 10.6. The number of nitrogens with zero attached hydrogens (tertiary/aromatic N) is 3. The molecule has 0 saturated carbocycles. The van der Waals surface area contributed by atoms with Crippen LogP contribution >= 0.6 is 0 Å². The number of nitrogens with one attached hydrogen (secondary N) is 2. The lowest BCUT2D eigenvalue weighted by atomic mass is 9.99. The van der Waals surface area contributed by atoms with Gasteiger partial charge in [-0.25, -0.2) is 9.97 Å². The lowest BCUT2D eigenvalue weighted by Crippen LogP contribution is -2.43. The Labute approximate surface area is 200 Å². The van der Waals surface area contributed by atoms with E-state index in [9.17, 15) is 0 Å². The van der Waals surface area contributed by atoms with Gasteiger partial charge in [0.15, 0.2) is 0 Å². The van der Waals surface area contributed by atoms with E-state index in [0.717, 1.165) is 40.9 Å². The fourth-order valence-electron chi connectivity index (χ4n) is 3.94. The first-order valence-corrected chi connectivity index (χ1v) is 11.2. The number of nitrogens with two attached hydrogens (primary N) is 1. The third kappa shape index (κ3) is 5.52. The van der Waals surface area contributed by atoms with Crippen LogP contribution in [0, 0.1) is 0 Å². The molecule has 3 aromatic rings. The van der Waals surface area contributed by atoms with Gasteiger partial charge in [-0.05, 0) is 30.2 Å². The number of hydrogen-bond acceptors (Lipinski definition) is 8. The van der Waals surface area contributed by atoms with Crippen LogP contribution in [-0.2, 0) is 6.42 Å². The zero-order valence-corrected chi connectivity index (χ0v) is 19.4. The van der Waals surface area contributed by atoms with E-state index in [0.29, 0.717) is 18.3 Å². The zero-order valence-electron chi connectivity index (χ0n) is 19.4. The summed E-state index contributed by atoms with van der Waals surface area (Å²) in [6.07, 6.45) is 7.54. The molecule has 0 fully saturated rings. The molecular formula is C26H30N6O2. The standard InChI is InChI=1S/C26H30N6O2/c1-28-15-21(13-27)20-12-22-26(32-16-20)34-23(17-30-22)25(19-6-4-3-5-7-19)29-11-10-18-8-9-24(33-2)31-14-18/h3-9,12-16,23,25,29-30H,10-11,17,27H2,1-2H3/b21-13+,28-15?/t23-,25+/m0/s1. The summed E-state index contributed by atoms with van der Waals surface area (Å²) >= 11 is 0. The summed E-state index contributed by atoms with van der Waals surface area (Å²) in [5, 5.41) is 7.16. The molecule has 1 aliphatic heterocycles. The molecule has 8 nitrogen and oxygen atoms in total. The predicted molar refractivity (Wildman–Crippen MR) is 135 cm³/mol. The fourth-order valence-corrected chi connectivity index (χ4v) is 3.94. The molecule has 1 aliphatic rings. The molecule has 0 unspecified atom stereocenters. The first-order chi connectivity index (χ1) is 16.7. The van der Waals surface area contributed by atoms with Crippen LogP contribution in [-0.4, -0.2) is 49.5 Å². The van der Waals surface area contributed by atoms with Crippen LogP contribution in [0.1, 0.15) is 22.7 Å². The SMILES string of the molecule is CN=C/C(=C\N)c1cnc2c(c1)NC[C@@H]([C@H](NCCc1ccc(OC)nc1)c1ccccc1)O2. The van der Waals surface area contributed by atoms with Crippen molar-refractivity contribution in [2.75, 3.05) is 32.6 Å². The Morgan fingerprint density at radius 3 is 2.82 bits per heavy atom. The molecule has 0 bridgehead atoms. The Balaban J connectivity index is 1.48. The minimum atomic E-state index is -0.135. The molecule has 34 heavy (non-hydrogen) atoms. The van der Waals surface area contributed by atoms with E-state index < -0.39 is 0 Å². The van der Waals surface area contributed by atoms with Crippen LogP contribution in [0.2, 0.25) is 0 Å². The average molecular weight is 459 g/mol. The molecule has 4 N–H and O–H groups in total. The second-order valence-electron chi connectivity index (χ2n) is 7.92. The third-order valence-corrected chi connectivity index (χ3v) is 5.70. The molecule has 4 rings (SSSR count). The molecule has 0 radical (unpaired) electrons. The largest absolute Gasteiger partial charge is 0.481 e. The lowest BCUT2D eigenvalue weighted by Gasteiger charge is -2.33. The van der Waals surface area contributed by atoms with E-state index in [1.54, 1.807) is 26.6 Å². The van der Waals surface area contributed by atoms with Crippen LogP contribution in [0.3, 0.4) is 0 Å². The van der Waals surface area contributed by atoms with Crippen molar-refractivity contribution in [3.8, 4) is 11.8 Å². The molecule has 3 heterocycles. The summed E-state index contributed by atoms with van der Waals surface area (Å²) in [5.74, 6) is 1.19. The minimum absolute atomic E-state index is 0.0127. The summed E-state index contributed by atoms with van der Waals surface area (Å²) in [6.45, 7) is 1.41. The van der Waals surface area contributed by atoms with E-state index >= 15 is 0 Å². The van der Waals surface area contributed by atoms with Crippen molar-refractivity contribution in [1.82, 2.24) is 15.3 Å². The van der Waals surface area contributed by atoms with Crippen molar-refractivity contribution in [2.24, 2.45) is 10.7 Å².